The van der Waals surface area contributed by atoms with Gasteiger partial charge in [-0.1, -0.05) is 24.4 Å². The molecule has 5 nitrogen and oxygen atoms in total. The molecule has 0 heterocycles. The van der Waals surface area contributed by atoms with Crippen molar-refractivity contribution in [3.8, 4) is 0 Å². The van der Waals surface area contributed by atoms with E-state index in [1.54, 1.807) is 24.3 Å². The van der Waals surface area contributed by atoms with Crippen LogP contribution in [0.5, 0.6) is 0 Å². The van der Waals surface area contributed by atoms with Crippen LogP contribution in [0.4, 0.5) is 0 Å². The number of likely N-dealkylation sites (N-methyl/N-ethyl adjacent to an activating group) is 1. The molecule has 0 atom stereocenters. The van der Waals surface area contributed by atoms with Gasteiger partial charge < -0.3 is 10.6 Å². The Bertz CT molecular complexity index is 593. The summed E-state index contributed by atoms with van der Waals surface area (Å²) in [4.78, 5) is 2.60. The van der Waals surface area contributed by atoms with Crippen molar-refractivity contribution in [3.05, 3.63) is 29.8 Å². The largest absolute Gasteiger partial charge is 0.393 e. The monoisotopic (exact) mass is 329 g/mol. The second-order valence-corrected chi connectivity index (χ2v) is 8.11. The van der Waals surface area contributed by atoms with Crippen molar-refractivity contribution in [2.24, 2.45) is 5.73 Å². The number of sulfonamides is 1. The Morgan fingerprint density at radius 3 is 2.24 bits per heavy atom. The quantitative estimate of drug-likeness (QED) is 0.734. The Kier molecular flexibility index (Phi) is 5.86. The van der Waals surface area contributed by atoms with Crippen molar-refractivity contribution in [3.63, 3.8) is 0 Å². The zero-order valence-electron chi connectivity index (χ0n) is 12.9. The normalized spacial score (nSPS) is 12.6. The Morgan fingerprint density at radius 2 is 1.81 bits per heavy atom. The molecule has 0 aliphatic carbocycles. The van der Waals surface area contributed by atoms with Crippen LogP contribution in [0.1, 0.15) is 19.4 Å². The van der Waals surface area contributed by atoms with E-state index < -0.39 is 10.0 Å². The lowest BCUT2D eigenvalue weighted by Crippen LogP contribution is -2.48. The highest BCUT2D eigenvalue weighted by Crippen LogP contribution is 2.13. The molecule has 0 aliphatic rings. The predicted molar refractivity (Wildman–Crippen MR) is 89.9 cm³/mol. The van der Waals surface area contributed by atoms with E-state index in [2.05, 4.69) is 4.72 Å². The molecular formula is C14H23N3O2S2. The lowest BCUT2D eigenvalue weighted by Gasteiger charge is -2.32. The first-order valence-electron chi connectivity index (χ1n) is 6.59. The van der Waals surface area contributed by atoms with Gasteiger partial charge in [-0.15, -0.1) is 0 Å². The topological polar surface area (TPSA) is 75.4 Å². The third-order valence-electron chi connectivity index (χ3n) is 3.52. The van der Waals surface area contributed by atoms with Crippen LogP contribution in [-0.2, 0) is 16.4 Å². The van der Waals surface area contributed by atoms with Crippen LogP contribution in [-0.4, -0.2) is 44.5 Å². The number of nitrogens with two attached hydrogens (primary N) is 1. The molecule has 0 spiro atoms. The summed E-state index contributed by atoms with van der Waals surface area (Å²) in [6.45, 7) is 4.28. The van der Waals surface area contributed by atoms with Crippen molar-refractivity contribution in [1.82, 2.24) is 9.62 Å². The van der Waals surface area contributed by atoms with Crippen molar-refractivity contribution in [1.29, 1.82) is 0 Å². The van der Waals surface area contributed by atoms with E-state index in [1.807, 2.05) is 32.8 Å². The molecule has 1 aromatic carbocycles. The van der Waals surface area contributed by atoms with Gasteiger partial charge in [-0.25, -0.2) is 13.1 Å². The van der Waals surface area contributed by atoms with Gasteiger partial charge in [0.2, 0.25) is 10.0 Å². The van der Waals surface area contributed by atoms with E-state index >= 15 is 0 Å². The average Bonchev–Trinajstić information content (AvgIpc) is 2.36. The Morgan fingerprint density at radius 1 is 1.29 bits per heavy atom. The molecule has 1 aromatic rings. The Labute approximate surface area is 132 Å². The van der Waals surface area contributed by atoms with Crippen molar-refractivity contribution in [2.75, 3.05) is 20.6 Å². The van der Waals surface area contributed by atoms with Crippen molar-refractivity contribution < 1.29 is 8.42 Å². The van der Waals surface area contributed by atoms with Crippen LogP contribution in [0.2, 0.25) is 0 Å². The summed E-state index contributed by atoms with van der Waals surface area (Å²) >= 11 is 4.83. The minimum absolute atomic E-state index is 0.240. The summed E-state index contributed by atoms with van der Waals surface area (Å²) in [6, 6.07) is 6.59. The van der Waals surface area contributed by atoms with Crippen LogP contribution in [0.3, 0.4) is 0 Å². The van der Waals surface area contributed by atoms with Crippen LogP contribution >= 0.6 is 12.2 Å². The highest BCUT2D eigenvalue weighted by atomic mass is 32.2. The van der Waals surface area contributed by atoms with E-state index in [0.717, 1.165) is 5.56 Å². The number of hydrogen-bond acceptors (Lipinski definition) is 4. The summed E-state index contributed by atoms with van der Waals surface area (Å²) in [5.41, 5.74) is 6.10. The molecule has 1 rings (SSSR count). The van der Waals surface area contributed by atoms with E-state index in [0.29, 0.717) is 18.0 Å². The molecule has 7 heteroatoms. The van der Waals surface area contributed by atoms with Gasteiger partial charge in [-0.3, -0.25) is 0 Å². The second-order valence-electron chi connectivity index (χ2n) is 5.82. The molecule has 0 unspecified atom stereocenters. The summed E-state index contributed by atoms with van der Waals surface area (Å²) < 4.78 is 27.1. The van der Waals surface area contributed by atoms with Crippen molar-refractivity contribution >= 4 is 27.2 Å². The fraction of sp³-hybridized carbons (Fsp3) is 0.500. The van der Waals surface area contributed by atoms with Gasteiger partial charge in [0.05, 0.1) is 9.88 Å². The standard InChI is InChI=1S/C14H23N3O2S2/c1-14(2,17(3)4)10-16-21(18,19)12-7-5-11(6-8-12)9-13(15)20/h5-8,16H,9-10H2,1-4H3,(H2,15,20). The first-order valence-corrected chi connectivity index (χ1v) is 8.48. The van der Waals surface area contributed by atoms with E-state index in [-0.39, 0.29) is 10.4 Å². The van der Waals surface area contributed by atoms with Gasteiger partial charge in [0, 0.05) is 18.5 Å². The van der Waals surface area contributed by atoms with Gasteiger partial charge in [-0.05, 0) is 45.6 Å². The van der Waals surface area contributed by atoms with Crippen LogP contribution in [0.15, 0.2) is 29.2 Å². The molecule has 0 bridgehead atoms. The molecule has 21 heavy (non-hydrogen) atoms. The zero-order valence-corrected chi connectivity index (χ0v) is 14.5. The number of nitrogens with zero attached hydrogens (tertiary/aromatic N) is 1. The maximum Gasteiger partial charge on any atom is 0.240 e. The predicted octanol–water partition coefficient (Wildman–Crippen LogP) is 1.13. The maximum atomic E-state index is 12.3. The highest BCUT2D eigenvalue weighted by molar-refractivity contribution is 7.89. The van der Waals surface area contributed by atoms with Gasteiger partial charge >= 0.3 is 0 Å². The van der Waals surface area contributed by atoms with E-state index in [4.69, 9.17) is 18.0 Å². The minimum Gasteiger partial charge on any atom is -0.393 e. The smallest absolute Gasteiger partial charge is 0.240 e. The first-order chi connectivity index (χ1) is 9.54. The zero-order chi connectivity index (χ0) is 16.3. The average molecular weight is 329 g/mol. The summed E-state index contributed by atoms with van der Waals surface area (Å²) in [7, 11) is 0.318. The molecule has 0 saturated heterocycles. The fourth-order valence-corrected chi connectivity index (χ4v) is 2.87. The molecular weight excluding hydrogens is 306 g/mol. The lowest BCUT2D eigenvalue weighted by atomic mass is 10.1. The first kappa shape index (κ1) is 18.0. The van der Waals surface area contributed by atoms with E-state index in [1.165, 1.54) is 0 Å². The number of thiocarbonyl (C=S) groups is 1. The SMILES string of the molecule is CN(C)C(C)(C)CNS(=O)(=O)c1ccc(CC(N)=S)cc1. The van der Waals surface area contributed by atoms with Crippen molar-refractivity contribution in [2.45, 2.75) is 30.7 Å². The minimum atomic E-state index is -3.51. The molecule has 0 saturated carbocycles. The molecule has 0 radical (unpaired) electrons. The maximum absolute atomic E-state index is 12.3. The molecule has 118 valence electrons. The van der Waals surface area contributed by atoms with Gasteiger partial charge in [-0.2, -0.15) is 0 Å². The number of rotatable bonds is 7. The van der Waals surface area contributed by atoms with E-state index in [9.17, 15) is 8.42 Å². The molecule has 0 amide bonds. The van der Waals surface area contributed by atoms with Crippen LogP contribution < -0.4 is 10.5 Å². The third kappa shape index (κ3) is 5.35. The third-order valence-corrected chi connectivity index (χ3v) is 5.08. The number of nitrogens with one attached hydrogen (secondary N) is 1. The van der Waals surface area contributed by atoms with Gasteiger partial charge in [0.1, 0.15) is 0 Å². The van der Waals surface area contributed by atoms with Gasteiger partial charge in [0.15, 0.2) is 0 Å². The van der Waals surface area contributed by atoms with Gasteiger partial charge in [0.25, 0.3) is 0 Å². The molecule has 0 aromatic heterocycles. The highest BCUT2D eigenvalue weighted by Gasteiger charge is 2.24. The fourth-order valence-electron chi connectivity index (χ4n) is 1.50. The summed E-state index contributed by atoms with van der Waals surface area (Å²) in [6.07, 6.45) is 0.469. The molecule has 0 aliphatic heterocycles. The lowest BCUT2D eigenvalue weighted by molar-refractivity contribution is 0.199. The summed E-state index contributed by atoms with van der Waals surface area (Å²) in [5.74, 6) is 0. The van der Waals surface area contributed by atoms with Crippen LogP contribution in [0, 0.1) is 0 Å². The number of hydrogen-bond donors (Lipinski definition) is 2. The Balaban J connectivity index is 2.81. The molecule has 0 fully saturated rings. The number of benzene rings is 1. The molecule has 3 N–H and O–H groups in total. The van der Waals surface area contributed by atoms with Crippen LogP contribution in [0.25, 0.3) is 0 Å². The summed E-state index contributed by atoms with van der Waals surface area (Å²) in [5, 5.41) is 0. The Hall–Kier alpha value is -1.02. The second kappa shape index (κ2) is 6.83.